The van der Waals surface area contributed by atoms with Crippen LogP contribution >= 0.6 is 0 Å². The fraction of sp³-hybridized carbons (Fsp3) is 0.211. The molecular formula is C19H18O. The molecule has 0 radical (unpaired) electrons. The largest absolute Gasteiger partial charge is 0.289 e. The number of carbonyl (C=O) groups is 1. The van der Waals surface area contributed by atoms with Crippen LogP contribution in [0, 0.1) is 0 Å². The fourth-order valence-corrected chi connectivity index (χ4v) is 2.94. The first-order valence-electron chi connectivity index (χ1n) is 7.19. The highest BCUT2D eigenvalue weighted by Gasteiger charge is 2.27. The van der Waals surface area contributed by atoms with Gasteiger partial charge in [0.15, 0.2) is 5.78 Å². The van der Waals surface area contributed by atoms with Crippen molar-refractivity contribution in [3.8, 4) is 0 Å². The van der Waals surface area contributed by atoms with E-state index < -0.39 is 0 Å². The van der Waals surface area contributed by atoms with Gasteiger partial charge in [-0.25, -0.2) is 0 Å². The van der Waals surface area contributed by atoms with E-state index in [0.29, 0.717) is 5.92 Å². The zero-order valence-electron chi connectivity index (χ0n) is 11.7. The van der Waals surface area contributed by atoms with Crippen molar-refractivity contribution >= 4 is 11.9 Å². The van der Waals surface area contributed by atoms with Crippen LogP contribution in [0.4, 0.5) is 0 Å². The van der Waals surface area contributed by atoms with Gasteiger partial charge in [-0.1, -0.05) is 61.5 Å². The second kappa shape index (κ2) is 5.46. The van der Waals surface area contributed by atoms with Crippen LogP contribution in [0.2, 0.25) is 0 Å². The van der Waals surface area contributed by atoms with Gasteiger partial charge >= 0.3 is 0 Å². The molecule has 0 aromatic heterocycles. The van der Waals surface area contributed by atoms with E-state index in [2.05, 4.69) is 13.0 Å². The number of carbonyl (C=O) groups excluding carboxylic acids is 1. The molecule has 0 bridgehead atoms. The Morgan fingerprint density at radius 2 is 1.75 bits per heavy atom. The number of fused-ring (bicyclic) bond motifs is 1. The Bertz CT molecular complexity index is 652. The van der Waals surface area contributed by atoms with Gasteiger partial charge in [0.05, 0.1) is 0 Å². The smallest absolute Gasteiger partial charge is 0.189 e. The summed E-state index contributed by atoms with van der Waals surface area (Å²) >= 11 is 0. The van der Waals surface area contributed by atoms with Gasteiger partial charge in [0, 0.05) is 11.1 Å². The molecule has 0 saturated heterocycles. The second-order valence-electron chi connectivity index (χ2n) is 5.31. The van der Waals surface area contributed by atoms with Gasteiger partial charge in [0.25, 0.3) is 0 Å². The lowest BCUT2D eigenvalue weighted by Crippen LogP contribution is -2.18. The maximum absolute atomic E-state index is 12.6. The first-order chi connectivity index (χ1) is 9.79. The third-order valence-corrected chi connectivity index (χ3v) is 4.04. The van der Waals surface area contributed by atoms with Crippen molar-refractivity contribution in [3.63, 3.8) is 0 Å². The van der Waals surface area contributed by atoms with Crippen LogP contribution in [0.25, 0.3) is 6.08 Å². The number of hydrogen-bond donors (Lipinski definition) is 0. The average Bonchev–Trinajstić information content (AvgIpc) is 2.51. The number of allylic oxidation sites excluding steroid dienone is 1. The van der Waals surface area contributed by atoms with Crippen molar-refractivity contribution in [1.82, 2.24) is 0 Å². The zero-order valence-corrected chi connectivity index (χ0v) is 11.7. The van der Waals surface area contributed by atoms with E-state index in [1.54, 1.807) is 0 Å². The quantitative estimate of drug-likeness (QED) is 0.707. The molecule has 2 aromatic rings. The lowest BCUT2D eigenvalue weighted by atomic mass is 9.77. The van der Waals surface area contributed by atoms with Gasteiger partial charge in [-0.2, -0.15) is 0 Å². The van der Waals surface area contributed by atoms with Crippen LogP contribution in [-0.2, 0) is 0 Å². The minimum Gasteiger partial charge on any atom is -0.289 e. The molecule has 0 spiro atoms. The van der Waals surface area contributed by atoms with Gasteiger partial charge in [0.2, 0.25) is 0 Å². The Morgan fingerprint density at radius 1 is 1.05 bits per heavy atom. The lowest BCUT2D eigenvalue weighted by Gasteiger charge is -2.25. The highest BCUT2D eigenvalue weighted by Crippen LogP contribution is 2.37. The molecule has 0 fully saturated rings. The molecular weight excluding hydrogens is 244 g/mol. The predicted octanol–water partition coefficient (Wildman–Crippen LogP) is 4.85. The van der Waals surface area contributed by atoms with Crippen molar-refractivity contribution in [2.45, 2.75) is 25.7 Å². The van der Waals surface area contributed by atoms with Crippen LogP contribution in [0.1, 0.15) is 47.2 Å². The predicted molar refractivity (Wildman–Crippen MR) is 82.8 cm³/mol. The number of benzene rings is 2. The summed E-state index contributed by atoms with van der Waals surface area (Å²) < 4.78 is 0. The van der Waals surface area contributed by atoms with E-state index in [1.165, 1.54) is 5.56 Å². The number of rotatable bonds is 2. The molecule has 0 amide bonds. The number of hydrogen-bond acceptors (Lipinski definition) is 1. The van der Waals surface area contributed by atoms with E-state index in [4.69, 9.17) is 0 Å². The summed E-state index contributed by atoms with van der Waals surface area (Å²) in [7, 11) is 0. The Hall–Kier alpha value is -2.15. The third kappa shape index (κ3) is 2.32. The summed E-state index contributed by atoms with van der Waals surface area (Å²) in [5.41, 5.74) is 4.13. The highest BCUT2D eigenvalue weighted by molar-refractivity contribution is 6.13. The average molecular weight is 262 g/mol. The molecule has 0 heterocycles. The van der Waals surface area contributed by atoms with Crippen LogP contribution < -0.4 is 0 Å². The van der Waals surface area contributed by atoms with E-state index in [-0.39, 0.29) is 5.78 Å². The molecule has 1 aliphatic carbocycles. The van der Waals surface area contributed by atoms with Crippen LogP contribution in [0.5, 0.6) is 0 Å². The normalized spacial score (nSPS) is 19.9. The summed E-state index contributed by atoms with van der Waals surface area (Å²) in [6, 6.07) is 18.1. The monoisotopic (exact) mass is 262 g/mol. The van der Waals surface area contributed by atoms with E-state index in [1.807, 2.05) is 54.6 Å². The first kappa shape index (κ1) is 12.9. The maximum Gasteiger partial charge on any atom is 0.189 e. The second-order valence-corrected chi connectivity index (χ2v) is 5.31. The molecule has 1 aliphatic rings. The fourth-order valence-electron chi connectivity index (χ4n) is 2.94. The van der Waals surface area contributed by atoms with Gasteiger partial charge in [0.1, 0.15) is 0 Å². The molecule has 0 unspecified atom stereocenters. The number of ketones is 1. The van der Waals surface area contributed by atoms with Crippen molar-refractivity contribution in [3.05, 3.63) is 76.9 Å². The van der Waals surface area contributed by atoms with Crippen molar-refractivity contribution in [1.29, 1.82) is 0 Å². The molecule has 1 heteroatoms. The van der Waals surface area contributed by atoms with Crippen molar-refractivity contribution in [2.24, 2.45) is 0 Å². The number of Topliss-reactive ketones (excluding diaryl/α,β-unsaturated/α-hetero) is 1. The highest BCUT2D eigenvalue weighted by atomic mass is 16.1. The summed E-state index contributed by atoms with van der Waals surface area (Å²) in [6.07, 6.45) is 3.96. The summed E-state index contributed by atoms with van der Waals surface area (Å²) in [4.78, 5) is 12.6. The van der Waals surface area contributed by atoms with Gasteiger partial charge in [-0.05, 0) is 36.0 Å². The Balaban J connectivity index is 2.04. The Morgan fingerprint density at radius 3 is 2.50 bits per heavy atom. The van der Waals surface area contributed by atoms with Crippen molar-refractivity contribution < 1.29 is 4.79 Å². The molecule has 0 saturated carbocycles. The molecule has 1 nitrogen and oxygen atoms in total. The topological polar surface area (TPSA) is 17.1 Å². The lowest BCUT2D eigenvalue weighted by molar-refractivity contribution is 0.102. The molecule has 20 heavy (non-hydrogen) atoms. The molecule has 1 atom stereocenters. The van der Waals surface area contributed by atoms with Crippen LogP contribution in [0.15, 0.2) is 60.2 Å². The maximum atomic E-state index is 12.6. The molecule has 0 N–H and O–H groups in total. The van der Waals surface area contributed by atoms with Crippen molar-refractivity contribution in [2.75, 3.05) is 0 Å². The standard InChI is InChI=1S/C19H18O/c1-2-15-13-16(12-14-8-4-3-5-9-14)19(20)18-11-7-6-10-17(15)18/h3-12,15H,2,13H2,1H3/b16-12+/t15-/m1/s1. The minimum absolute atomic E-state index is 0.189. The summed E-state index contributed by atoms with van der Waals surface area (Å²) in [5, 5.41) is 0. The van der Waals surface area contributed by atoms with Gasteiger partial charge in [-0.15, -0.1) is 0 Å². The Labute approximate surface area is 120 Å². The summed E-state index contributed by atoms with van der Waals surface area (Å²) in [6.45, 7) is 2.19. The zero-order chi connectivity index (χ0) is 13.9. The minimum atomic E-state index is 0.189. The molecule has 2 aromatic carbocycles. The van der Waals surface area contributed by atoms with Crippen LogP contribution in [0.3, 0.4) is 0 Å². The van der Waals surface area contributed by atoms with E-state index in [0.717, 1.165) is 29.5 Å². The van der Waals surface area contributed by atoms with Gasteiger partial charge in [-0.3, -0.25) is 4.79 Å². The SMILES string of the molecule is CC[C@@H]1C/C(=C\c2ccccc2)C(=O)c2ccccc21. The van der Waals surface area contributed by atoms with E-state index >= 15 is 0 Å². The molecule has 100 valence electrons. The molecule has 3 rings (SSSR count). The Kier molecular flexibility index (Phi) is 3.51. The summed E-state index contributed by atoms with van der Waals surface area (Å²) in [5.74, 6) is 0.646. The first-order valence-corrected chi connectivity index (χ1v) is 7.19. The third-order valence-electron chi connectivity index (χ3n) is 4.04. The van der Waals surface area contributed by atoms with E-state index in [9.17, 15) is 4.79 Å². The molecule has 0 aliphatic heterocycles. The van der Waals surface area contributed by atoms with Gasteiger partial charge < -0.3 is 0 Å². The van der Waals surface area contributed by atoms with Crippen LogP contribution in [-0.4, -0.2) is 5.78 Å².